The van der Waals surface area contributed by atoms with Crippen molar-refractivity contribution >= 4 is 17.8 Å². The molecular formula is C24H43N3O4. The number of carbonyl (C=O) groups is 3. The molecule has 0 radical (unpaired) electrons. The van der Waals surface area contributed by atoms with E-state index in [-0.39, 0.29) is 47.3 Å². The first kappa shape index (κ1) is 27.1. The minimum Gasteiger partial charge on any atom is -0.478 e. The molecule has 1 rings (SSSR count). The fraction of sp³-hybridized carbons (Fsp3) is 0.792. The van der Waals surface area contributed by atoms with Gasteiger partial charge in [-0.2, -0.15) is 0 Å². The summed E-state index contributed by atoms with van der Waals surface area (Å²) in [5.41, 5.74) is 0.213. The largest absolute Gasteiger partial charge is 0.478 e. The minimum atomic E-state index is -0.992. The maximum absolute atomic E-state index is 13.6. The van der Waals surface area contributed by atoms with Crippen LogP contribution in [0.5, 0.6) is 0 Å². The Morgan fingerprint density at radius 1 is 1.10 bits per heavy atom. The van der Waals surface area contributed by atoms with Crippen LogP contribution in [0.25, 0.3) is 0 Å². The van der Waals surface area contributed by atoms with Gasteiger partial charge in [-0.1, -0.05) is 40.2 Å². The maximum atomic E-state index is 13.6. The third kappa shape index (κ3) is 7.34. The first-order valence-electron chi connectivity index (χ1n) is 11.7. The lowest BCUT2D eigenvalue weighted by atomic mass is 9.95. The van der Waals surface area contributed by atoms with Crippen molar-refractivity contribution in [3.63, 3.8) is 0 Å². The molecule has 0 saturated carbocycles. The summed E-state index contributed by atoms with van der Waals surface area (Å²) in [6, 6.07) is -0.949. The fourth-order valence-electron chi connectivity index (χ4n) is 4.28. The number of carbonyl (C=O) groups excluding carboxylic acids is 2. The monoisotopic (exact) mass is 437 g/mol. The van der Waals surface area contributed by atoms with Gasteiger partial charge in [0.15, 0.2) is 0 Å². The van der Waals surface area contributed by atoms with Gasteiger partial charge >= 0.3 is 5.97 Å². The van der Waals surface area contributed by atoms with Crippen LogP contribution in [-0.2, 0) is 14.4 Å². The van der Waals surface area contributed by atoms with Crippen molar-refractivity contribution in [3.05, 3.63) is 11.6 Å². The number of nitrogens with zero attached hydrogens (tertiary/aromatic N) is 2. The summed E-state index contributed by atoms with van der Waals surface area (Å²) in [5, 5.41) is 12.3. The number of hydrogen-bond acceptors (Lipinski definition) is 4. The topological polar surface area (TPSA) is 90.0 Å². The predicted molar refractivity (Wildman–Crippen MR) is 124 cm³/mol. The van der Waals surface area contributed by atoms with E-state index in [9.17, 15) is 19.5 Å². The second-order valence-electron chi connectivity index (χ2n) is 9.59. The van der Waals surface area contributed by atoms with Crippen LogP contribution in [0, 0.1) is 11.8 Å². The van der Waals surface area contributed by atoms with Gasteiger partial charge in [-0.3, -0.25) is 14.5 Å². The molecule has 0 aromatic rings. The van der Waals surface area contributed by atoms with Gasteiger partial charge in [0.1, 0.15) is 6.04 Å². The highest BCUT2D eigenvalue weighted by molar-refractivity contribution is 5.90. The molecule has 0 bridgehead atoms. The molecule has 0 aromatic carbocycles. The molecule has 1 unspecified atom stereocenters. The maximum Gasteiger partial charge on any atom is 0.331 e. The molecule has 3 atom stereocenters. The van der Waals surface area contributed by atoms with Gasteiger partial charge in [0.2, 0.25) is 11.8 Å². The van der Waals surface area contributed by atoms with E-state index in [1.807, 2.05) is 34.6 Å². The summed E-state index contributed by atoms with van der Waals surface area (Å²) >= 11 is 0. The van der Waals surface area contributed by atoms with Crippen molar-refractivity contribution in [2.75, 3.05) is 13.1 Å². The normalized spacial score (nSPS) is 20.1. The molecule has 1 heterocycles. The minimum absolute atomic E-state index is 0.0384. The number of amides is 2. The SMILES string of the molecule is CCN(C(=O)C(NC(=O)[C@H]1CCCCN1C(C)C)C(C)C)[C@H](/C=C(\C)C(=O)O)C(C)C. The van der Waals surface area contributed by atoms with Crippen molar-refractivity contribution in [2.24, 2.45) is 11.8 Å². The number of carboxylic acid groups (broad SMARTS) is 1. The zero-order valence-electron chi connectivity index (χ0n) is 20.6. The number of carboxylic acids is 1. The number of aliphatic carboxylic acids is 1. The Bertz CT molecular complexity index is 657. The van der Waals surface area contributed by atoms with Crippen LogP contribution in [0.3, 0.4) is 0 Å². The molecule has 0 spiro atoms. The Balaban J connectivity index is 3.13. The Morgan fingerprint density at radius 3 is 2.16 bits per heavy atom. The summed E-state index contributed by atoms with van der Waals surface area (Å²) in [6.45, 7) is 16.8. The van der Waals surface area contributed by atoms with Crippen molar-refractivity contribution < 1.29 is 19.5 Å². The van der Waals surface area contributed by atoms with E-state index < -0.39 is 12.0 Å². The van der Waals surface area contributed by atoms with E-state index in [0.717, 1.165) is 25.8 Å². The number of piperidine rings is 1. The van der Waals surface area contributed by atoms with Crippen LogP contribution in [0.2, 0.25) is 0 Å². The Labute approximate surface area is 188 Å². The fourth-order valence-corrected chi connectivity index (χ4v) is 4.28. The molecule has 0 aliphatic carbocycles. The summed E-state index contributed by atoms with van der Waals surface area (Å²) in [5.74, 6) is -1.29. The van der Waals surface area contributed by atoms with Crippen LogP contribution < -0.4 is 5.32 Å². The molecular weight excluding hydrogens is 394 g/mol. The van der Waals surface area contributed by atoms with E-state index in [1.54, 1.807) is 17.9 Å². The van der Waals surface area contributed by atoms with Crippen molar-refractivity contribution in [2.45, 2.75) is 98.8 Å². The lowest BCUT2D eigenvalue weighted by Crippen LogP contribution is -2.59. The van der Waals surface area contributed by atoms with Crippen LogP contribution in [0.1, 0.15) is 74.7 Å². The summed E-state index contributed by atoms with van der Waals surface area (Å²) in [7, 11) is 0. The molecule has 2 N–H and O–H groups in total. The van der Waals surface area contributed by atoms with Crippen LogP contribution in [0.15, 0.2) is 11.6 Å². The average Bonchev–Trinajstić information content (AvgIpc) is 2.70. The van der Waals surface area contributed by atoms with Crippen LogP contribution in [-0.4, -0.2) is 69.9 Å². The first-order chi connectivity index (χ1) is 14.4. The van der Waals surface area contributed by atoms with E-state index in [2.05, 4.69) is 24.1 Å². The Kier molecular flexibility index (Phi) is 10.7. The molecule has 0 aromatic heterocycles. The summed E-state index contributed by atoms with van der Waals surface area (Å²) < 4.78 is 0. The van der Waals surface area contributed by atoms with Gasteiger partial charge in [0, 0.05) is 18.2 Å². The third-order valence-electron chi connectivity index (χ3n) is 6.17. The highest BCUT2D eigenvalue weighted by Crippen LogP contribution is 2.22. The molecule has 7 nitrogen and oxygen atoms in total. The number of likely N-dealkylation sites (tertiary alicyclic amines) is 1. The standard InChI is InChI=1S/C24H43N3O4/c1-9-26(20(15(2)3)14-18(8)24(30)31)23(29)21(16(4)5)25-22(28)19-12-10-11-13-27(19)17(6)7/h14-17,19-21H,9-13H2,1-8H3,(H,25,28)(H,30,31)/b18-14+/t19-,20-,21?/m1/s1. The van der Waals surface area contributed by atoms with Crippen LogP contribution >= 0.6 is 0 Å². The molecule has 1 aliphatic rings. The summed E-state index contributed by atoms with van der Waals surface area (Å²) in [4.78, 5) is 42.0. The van der Waals surface area contributed by atoms with Crippen LogP contribution in [0.4, 0.5) is 0 Å². The number of hydrogen-bond donors (Lipinski definition) is 2. The second-order valence-corrected chi connectivity index (χ2v) is 9.59. The quantitative estimate of drug-likeness (QED) is 0.512. The van der Waals surface area contributed by atoms with Gasteiger partial charge in [-0.05, 0) is 58.9 Å². The third-order valence-corrected chi connectivity index (χ3v) is 6.17. The number of rotatable bonds is 10. The lowest BCUT2D eigenvalue weighted by Gasteiger charge is -2.39. The molecule has 1 saturated heterocycles. The number of nitrogens with one attached hydrogen (secondary N) is 1. The predicted octanol–water partition coefficient (Wildman–Crippen LogP) is 3.29. The smallest absolute Gasteiger partial charge is 0.331 e. The van der Waals surface area contributed by atoms with E-state index in [1.165, 1.54) is 0 Å². The Hall–Kier alpha value is -1.89. The van der Waals surface area contributed by atoms with Crippen molar-refractivity contribution in [1.82, 2.24) is 15.1 Å². The zero-order chi connectivity index (χ0) is 23.9. The van der Waals surface area contributed by atoms with Crippen molar-refractivity contribution in [1.29, 1.82) is 0 Å². The first-order valence-corrected chi connectivity index (χ1v) is 11.7. The highest BCUT2D eigenvalue weighted by Gasteiger charge is 2.36. The number of likely N-dealkylation sites (N-methyl/N-ethyl adjacent to an activating group) is 1. The van der Waals surface area contributed by atoms with Gasteiger partial charge < -0.3 is 15.3 Å². The van der Waals surface area contributed by atoms with Gasteiger partial charge in [0.05, 0.1) is 12.1 Å². The molecule has 1 aliphatic heterocycles. The van der Waals surface area contributed by atoms with E-state index >= 15 is 0 Å². The molecule has 2 amide bonds. The highest BCUT2D eigenvalue weighted by atomic mass is 16.4. The van der Waals surface area contributed by atoms with Gasteiger partial charge in [0.25, 0.3) is 0 Å². The molecule has 1 fully saturated rings. The molecule has 7 heteroatoms. The van der Waals surface area contributed by atoms with Gasteiger partial charge in [-0.15, -0.1) is 0 Å². The zero-order valence-corrected chi connectivity index (χ0v) is 20.6. The molecule has 178 valence electrons. The second kappa shape index (κ2) is 12.2. The van der Waals surface area contributed by atoms with E-state index in [4.69, 9.17) is 0 Å². The van der Waals surface area contributed by atoms with Gasteiger partial charge in [-0.25, -0.2) is 4.79 Å². The lowest BCUT2D eigenvalue weighted by molar-refractivity contribution is -0.141. The average molecular weight is 438 g/mol. The molecule has 31 heavy (non-hydrogen) atoms. The Morgan fingerprint density at radius 2 is 1.71 bits per heavy atom. The van der Waals surface area contributed by atoms with Crippen molar-refractivity contribution in [3.8, 4) is 0 Å². The summed E-state index contributed by atoms with van der Waals surface area (Å²) in [6.07, 6.45) is 4.55. The van der Waals surface area contributed by atoms with E-state index in [0.29, 0.717) is 6.54 Å².